The number of nitrogens with two attached hydrogens (primary N) is 1. The summed E-state index contributed by atoms with van der Waals surface area (Å²) >= 11 is 8.71. The van der Waals surface area contributed by atoms with E-state index in [0.29, 0.717) is 0 Å². The molecule has 0 heterocycles. The molecule has 0 bridgehead atoms. The number of hydrogen-bond acceptors (Lipinski definition) is 4. The first-order valence-corrected chi connectivity index (χ1v) is 10.8. The number of hydrogen-bond donors (Lipinski definition) is 1. The van der Waals surface area contributed by atoms with E-state index < -0.39 is 20.5 Å². The highest BCUT2D eigenvalue weighted by molar-refractivity contribution is 9.10. The molecule has 3 rings (SSSR count). The van der Waals surface area contributed by atoms with Gasteiger partial charge in [0.1, 0.15) is 0 Å². The van der Waals surface area contributed by atoms with E-state index in [0.717, 1.165) is 15.6 Å². The molecule has 1 saturated carbocycles. The minimum atomic E-state index is -3.62. The second-order valence-corrected chi connectivity index (χ2v) is 10.1. The summed E-state index contributed by atoms with van der Waals surface area (Å²) in [6, 6.07) is 14.5. The van der Waals surface area contributed by atoms with E-state index in [-0.39, 0.29) is 22.4 Å². The molecule has 2 aromatic carbocycles. The van der Waals surface area contributed by atoms with Crippen LogP contribution in [0.3, 0.4) is 0 Å². The number of sulfone groups is 1. The second kappa shape index (κ2) is 7.03. The van der Waals surface area contributed by atoms with Gasteiger partial charge in [-0.1, -0.05) is 58.0 Å². The smallest absolute Gasteiger partial charge is 0.182 e. The largest absolute Gasteiger partial charge is 0.393 e. The molecule has 0 saturated heterocycles. The van der Waals surface area contributed by atoms with Gasteiger partial charge in [-0.15, -0.1) is 0 Å². The zero-order valence-electron chi connectivity index (χ0n) is 14.5. The van der Waals surface area contributed by atoms with Gasteiger partial charge in [-0.05, 0) is 36.8 Å². The van der Waals surface area contributed by atoms with Crippen LogP contribution >= 0.6 is 28.1 Å². The number of thiocarbonyl (C=S) groups is 1. The van der Waals surface area contributed by atoms with Gasteiger partial charge in [0.15, 0.2) is 9.84 Å². The van der Waals surface area contributed by atoms with E-state index >= 15 is 0 Å². The van der Waals surface area contributed by atoms with Crippen LogP contribution in [0.4, 0.5) is 0 Å². The molecule has 0 spiro atoms. The molecule has 2 N–H and O–H groups in total. The summed E-state index contributed by atoms with van der Waals surface area (Å²) in [5.41, 5.74) is 7.03. The Hall–Kier alpha value is -1.28. The molecular weight excluding hydrogens is 434 g/mol. The molecule has 4 nitrogen and oxygen atoms in total. The Morgan fingerprint density at radius 1 is 1.19 bits per heavy atom. The van der Waals surface area contributed by atoms with Gasteiger partial charge in [-0.3, -0.25) is 0 Å². The van der Waals surface area contributed by atoms with Crippen LogP contribution in [-0.4, -0.2) is 32.4 Å². The van der Waals surface area contributed by atoms with Crippen LogP contribution < -0.4 is 5.73 Å². The van der Waals surface area contributed by atoms with Gasteiger partial charge in [0.25, 0.3) is 0 Å². The molecule has 26 heavy (non-hydrogen) atoms. The van der Waals surface area contributed by atoms with Gasteiger partial charge in [0.05, 0.1) is 27.2 Å². The first-order valence-electron chi connectivity index (χ1n) is 8.10. The molecule has 0 unspecified atom stereocenters. The molecule has 0 aliphatic heterocycles. The topological polar surface area (TPSA) is 69.4 Å². The van der Waals surface area contributed by atoms with Crippen molar-refractivity contribution < 1.29 is 13.2 Å². The Kier molecular flexibility index (Phi) is 5.27. The Morgan fingerprint density at radius 2 is 1.77 bits per heavy atom. The fourth-order valence-electron chi connectivity index (χ4n) is 3.65. The lowest BCUT2D eigenvalue weighted by atomic mass is 10.00. The van der Waals surface area contributed by atoms with E-state index in [9.17, 15) is 8.42 Å². The van der Waals surface area contributed by atoms with Gasteiger partial charge in [0, 0.05) is 17.5 Å². The van der Waals surface area contributed by atoms with Crippen molar-refractivity contribution in [1.29, 1.82) is 0 Å². The minimum absolute atomic E-state index is 0.165. The predicted molar refractivity (Wildman–Crippen MR) is 110 cm³/mol. The van der Waals surface area contributed by atoms with E-state index in [1.165, 1.54) is 7.11 Å². The summed E-state index contributed by atoms with van der Waals surface area (Å²) in [4.78, 5) is 0.456. The zero-order chi connectivity index (χ0) is 19.1. The molecule has 7 heteroatoms. The van der Waals surface area contributed by atoms with Gasteiger partial charge >= 0.3 is 0 Å². The first kappa shape index (κ1) is 19.5. The Bertz CT molecular complexity index is 926. The maximum atomic E-state index is 13.4. The van der Waals surface area contributed by atoms with Crippen molar-refractivity contribution in [2.75, 3.05) is 13.7 Å². The predicted octanol–water partition coefficient (Wildman–Crippen LogP) is 3.62. The lowest BCUT2D eigenvalue weighted by Crippen LogP contribution is -2.33. The van der Waals surface area contributed by atoms with Crippen LogP contribution in [0.2, 0.25) is 0 Å². The molecule has 1 aliphatic carbocycles. The van der Waals surface area contributed by atoms with Crippen molar-refractivity contribution in [2.24, 2.45) is 11.1 Å². The summed E-state index contributed by atoms with van der Waals surface area (Å²) in [5.74, 6) is -0.334. The third-order valence-corrected chi connectivity index (χ3v) is 8.21. The van der Waals surface area contributed by atoms with Crippen molar-refractivity contribution in [2.45, 2.75) is 23.0 Å². The van der Waals surface area contributed by atoms with Crippen LogP contribution in [0.1, 0.15) is 17.0 Å². The lowest BCUT2D eigenvalue weighted by Gasteiger charge is -2.16. The van der Waals surface area contributed by atoms with Crippen molar-refractivity contribution in [3.63, 3.8) is 0 Å². The summed E-state index contributed by atoms with van der Waals surface area (Å²) in [7, 11) is -2.09. The van der Waals surface area contributed by atoms with Crippen LogP contribution in [0.15, 0.2) is 57.9 Å². The maximum absolute atomic E-state index is 13.4. The van der Waals surface area contributed by atoms with Gasteiger partial charge in [-0.2, -0.15) is 0 Å². The number of methoxy groups -OCH3 is 1. The summed E-state index contributed by atoms with van der Waals surface area (Å²) < 4.78 is 33.0. The van der Waals surface area contributed by atoms with Gasteiger partial charge < -0.3 is 10.5 Å². The van der Waals surface area contributed by atoms with Crippen molar-refractivity contribution in [1.82, 2.24) is 0 Å². The first-order chi connectivity index (χ1) is 12.2. The van der Waals surface area contributed by atoms with Crippen molar-refractivity contribution >= 4 is 43.0 Å². The lowest BCUT2D eigenvalue weighted by molar-refractivity contribution is 0.166. The summed E-state index contributed by atoms with van der Waals surface area (Å²) in [6.07, 6.45) is 0. The maximum Gasteiger partial charge on any atom is 0.182 e. The molecule has 138 valence electrons. The van der Waals surface area contributed by atoms with Crippen LogP contribution in [0.25, 0.3) is 0 Å². The van der Waals surface area contributed by atoms with E-state index in [2.05, 4.69) is 15.9 Å². The molecule has 0 amide bonds. The monoisotopic (exact) mass is 453 g/mol. The number of rotatable bonds is 6. The van der Waals surface area contributed by atoms with Crippen molar-refractivity contribution in [3.05, 3.63) is 64.1 Å². The molecule has 1 fully saturated rings. The minimum Gasteiger partial charge on any atom is -0.393 e. The number of ether oxygens (including phenoxy) is 1. The summed E-state index contributed by atoms with van der Waals surface area (Å²) in [5, 5.41) is -0.740. The fourth-order valence-corrected chi connectivity index (χ4v) is 6.69. The Balaban J connectivity index is 2.11. The average molecular weight is 454 g/mol. The highest BCUT2D eigenvalue weighted by atomic mass is 79.9. The Labute approximate surface area is 167 Å². The molecule has 0 radical (unpaired) electrons. The highest BCUT2D eigenvalue weighted by Gasteiger charge is 2.73. The van der Waals surface area contributed by atoms with E-state index in [4.69, 9.17) is 22.7 Å². The van der Waals surface area contributed by atoms with Crippen molar-refractivity contribution in [3.8, 4) is 0 Å². The van der Waals surface area contributed by atoms with Crippen LogP contribution in [0, 0.1) is 12.3 Å². The van der Waals surface area contributed by atoms with E-state index in [1.54, 1.807) is 24.3 Å². The molecule has 0 aromatic heterocycles. The molecule has 2 aromatic rings. The molecule has 3 atom stereocenters. The second-order valence-electron chi connectivity index (χ2n) is 6.65. The molecule has 1 aliphatic rings. The average Bonchev–Trinajstić information content (AvgIpc) is 3.27. The normalized spacial score (nSPS) is 25.0. The zero-order valence-corrected chi connectivity index (χ0v) is 17.7. The van der Waals surface area contributed by atoms with E-state index in [1.807, 2.05) is 31.2 Å². The third-order valence-electron chi connectivity index (χ3n) is 5.01. The van der Waals surface area contributed by atoms with Crippen LogP contribution in [-0.2, 0) is 14.6 Å². The highest BCUT2D eigenvalue weighted by Crippen LogP contribution is 2.64. The standard InChI is InChI=1S/C19H20BrNO3S2/c1-12-3-9-15(10-4-12)26(22,23)17-16(13-5-7-14(20)8-6-13)19(17,11-24-2)18(21)25/h3-10,16-17H,11H2,1-2H3,(H2,21,25)/t16-,17+,19-/m1/s1. The fraction of sp³-hybridized carbons (Fsp3) is 0.316. The Morgan fingerprint density at radius 3 is 2.27 bits per heavy atom. The van der Waals surface area contributed by atoms with Gasteiger partial charge in [0.2, 0.25) is 0 Å². The summed E-state index contributed by atoms with van der Waals surface area (Å²) in [6.45, 7) is 2.08. The number of aryl methyl sites for hydroxylation is 1. The SMILES string of the molecule is COC[C@@]1(C(N)=S)[C@H](c2ccc(Br)cc2)[C@@H]1S(=O)(=O)c1ccc(C)cc1. The number of benzene rings is 2. The quantitative estimate of drug-likeness (QED) is 0.676. The molecular formula is C19H20BrNO3S2. The number of halogens is 1. The third kappa shape index (κ3) is 3.11. The van der Waals surface area contributed by atoms with Crippen LogP contribution in [0.5, 0.6) is 0 Å². The van der Waals surface area contributed by atoms with Gasteiger partial charge in [-0.25, -0.2) is 8.42 Å².